The van der Waals surface area contributed by atoms with E-state index < -0.39 is 0 Å². The van der Waals surface area contributed by atoms with Crippen LogP contribution < -0.4 is 10.1 Å². The van der Waals surface area contributed by atoms with E-state index in [0.717, 1.165) is 31.4 Å². The molecule has 2 amide bonds. The molecule has 2 saturated heterocycles. The first-order chi connectivity index (χ1) is 13.8. The van der Waals surface area contributed by atoms with Gasteiger partial charge in [-0.15, -0.1) is 5.10 Å². The molecule has 2 fully saturated rings. The maximum Gasteiger partial charge on any atom is 0.322 e. The summed E-state index contributed by atoms with van der Waals surface area (Å²) in [6.07, 6.45) is 5.88. The number of nitrogens with one attached hydrogen (secondary N) is 1. The average Bonchev–Trinajstić information content (AvgIpc) is 3.25. The minimum Gasteiger partial charge on any atom is -0.495 e. The van der Waals surface area contributed by atoms with Crippen LogP contribution in [-0.4, -0.2) is 45.1 Å². The van der Waals surface area contributed by atoms with Gasteiger partial charge in [-0.05, 0) is 43.9 Å². The van der Waals surface area contributed by atoms with Gasteiger partial charge in [0.15, 0.2) is 0 Å². The van der Waals surface area contributed by atoms with Crippen molar-refractivity contribution in [2.45, 2.75) is 70.0 Å². The van der Waals surface area contributed by atoms with E-state index in [1.165, 1.54) is 0 Å². The number of ether oxygens (including phenoxy) is 1. The molecule has 0 radical (unpaired) electrons. The molecule has 2 aromatic rings. The molecule has 2 unspecified atom stereocenters. The van der Waals surface area contributed by atoms with E-state index in [1.807, 2.05) is 9.58 Å². The van der Waals surface area contributed by atoms with Gasteiger partial charge < -0.3 is 15.0 Å². The van der Waals surface area contributed by atoms with Crippen LogP contribution in [0.2, 0.25) is 5.02 Å². The molecule has 2 bridgehead atoms. The number of hydrogen-bond donors (Lipinski definition) is 1. The van der Waals surface area contributed by atoms with Crippen LogP contribution in [0, 0.1) is 0 Å². The van der Waals surface area contributed by atoms with E-state index in [2.05, 4.69) is 42.6 Å². The lowest BCUT2D eigenvalue weighted by atomic mass is 9.93. The summed E-state index contributed by atoms with van der Waals surface area (Å²) in [5, 5.41) is 12.3. The molecule has 156 valence electrons. The Hall–Kier alpha value is -2.28. The van der Waals surface area contributed by atoms with Crippen molar-refractivity contribution in [3.05, 3.63) is 35.1 Å². The molecule has 0 spiro atoms. The van der Waals surface area contributed by atoms with Gasteiger partial charge in [0.25, 0.3) is 0 Å². The Morgan fingerprint density at radius 1 is 1.21 bits per heavy atom. The quantitative estimate of drug-likeness (QED) is 0.789. The molecule has 2 atom stereocenters. The number of amides is 2. The van der Waals surface area contributed by atoms with E-state index in [-0.39, 0.29) is 29.6 Å². The number of fused-ring (bicyclic) bond motifs is 2. The van der Waals surface area contributed by atoms with Crippen LogP contribution in [0.25, 0.3) is 0 Å². The van der Waals surface area contributed by atoms with Crippen molar-refractivity contribution < 1.29 is 9.53 Å². The fourth-order valence-electron chi connectivity index (χ4n) is 4.45. The molecule has 2 aliphatic heterocycles. The number of rotatable bonds is 3. The third kappa shape index (κ3) is 3.92. The van der Waals surface area contributed by atoms with Gasteiger partial charge in [-0.2, -0.15) is 0 Å². The lowest BCUT2D eigenvalue weighted by molar-refractivity contribution is 0.129. The lowest BCUT2D eigenvalue weighted by Crippen LogP contribution is -2.48. The highest BCUT2D eigenvalue weighted by Crippen LogP contribution is 2.41. The third-order valence-corrected chi connectivity index (χ3v) is 6.23. The fourth-order valence-corrected chi connectivity index (χ4v) is 4.62. The Morgan fingerprint density at radius 3 is 2.48 bits per heavy atom. The fraction of sp³-hybridized carbons (Fsp3) is 0.571. The average molecular weight is 418 g/mol. The zero-order valence-corrected chi connectivity index (χ0v) is 18.1. The molecule has 7 nitrogen and oxygen atoms in total. The summed E-state index contributed by atoms with van der Waals surface area (Å²) >= 11 is 6.10. The van der Waals surface area contributed by atoms with Gasteiger partial charge in [0, 0.05) is 28.7 Å². The second-order valence-corrected chi connectivity index (χ2v) is 9.46. The first-order valence-corrected chi connectivity index (χ1v) is 10.5. The third-order valence-electron chi connectivity index (χ3n) is 6.00. The van der Waals surface area contributed by atoms with Gasteiger partial charge in [-0.3, -0.25) is 0 Å². The number of anilines is 1. The summed E-state index contributed by atoms with van der Waals surface area (Å²) in [5.74, 6) is 0.599. The molecular formula is C21H28ClN5O2. The number of halogens is 1. The summed E-state index contributed by atoms with van der Waals surface area (Å²) in [4.78, 5) is 15.1. The van der Waals surface area contributed by atoms with Crippen LogP contribution in [0.1, 0.15) is 58.2 Å². The number of nitrogens with zero attached hydrogens (tertiary/aromatic N) is 4. The standard InChI is InChI=1S/C21H28ClN5O2/c1-21(2,3)19-12-26(25-24-19)16-10-14-6-7-15(11-16)27(14)20(28)23-17-9-13(22)5-8-18(17)29-4/h5,8-9,12,14-16H,6-7,10-11H2,1-4H3,(H,23,28). The Morgan fingerprint density at radius 2 is 1.90 bits per heavy atom. The molecule has 2 aliphatic rings. The van der Waals surface area contributed by atoms with Crippen molar-refractivity contribution in [2.24, 2.45) is 0 Å². The monoisotopic (exact) mass is 417 g/mol. The van der Waals surface area contributed by atoms with Crippen LogP contribution in [0.4, 0.5) is 10.5 Å². The van der Waals surface area contributed by atoms with Gasteiger partial charge >= 0.3 is 6.03 Å². The van der Waals surface area contributed by atoms with Crippen molar-refractivity contribution in [3.8, 4) is 5.75 Å². The van der Waals surface area contributed by atoms with Crippen LogP contribution in [0.3, 0.4) is 0 Å². The summed E-state index contributed by atoms with van der Waals surface area (Å²) in [7, 11) is 1.58. The maximum absolute atomic E-state index is 13.1. The molecular weight excluding hydrogens is 390 g/mol. The van der Waals surface area contributed by atoms with E-state index in [4.69, 9.17) is 16.3 Å². The van der Waals surface area contributed by atoms with Crippen LogP contribution >= 0.6 is 11.6 Å². The number of urea groups is 1. The largest absolute Gasteiger partial charge is 0.495 e. The first kappa shape index (κ1) is 20.0. The number of carbonyl (C=O) groups is 1. The number of carbonyl (C=O) groups excluding carboxylic acids is 1. The van der Waals surface area contributed by atoms with Crippen molar-refractivity contribution in [1.29, 1.82) is 0 Å². The molecule has 1 aromatic carbocycles. The summed E-state index contributed by atoms with van der Waals surface area (Å²) < 4.78 is 7.35. The van der Waals surface area contributed by atoms with Crippen molar-refractivity contribution in [3.63, 3.8) is 0 Å². The number of hydrogen-bond acceptors (Lipinski definition) is 4. The summed E-state index contributed by atoms with van der Waals surface area (Å²) in [6.45, 7) is 6.42. The molecule has 29 heavy (non-hydrogen) atoms. The van der Waals surface area contributed by atoms with Gasteiger partial charge in [0.1, 0.15) is 5.75 Å². The molecule has 3 heterocycles. The van der Waals surface area contributed by atoms with E-state index >= 15 is 0 Å². The van der Waals surface area contributed by atoms with Gasteiger partial charge in [-0.25, -0.2) is 9.48 Å². The van der Waals surface area contributed by atoms with E-state index in [1.54, 1.807) is 25.3 Å². The second kappa shape index (κ2) is 7.52. The van der Waals surface area contributed by atoms with Gasteiger partial charge in [0.2, 0.25) is 0 Å². The van der Waals surface area contributed by atoms with E-state index in [0.29, 0.717) is 16.5 Å². The van der Waals surface area contributed by atoms with Gasteiger partial charge in [-0.1, -0.05) is 37.6 Å². The number of aromatic nitrogens is 3. The lowest BCUT2D eigenvalue weighted by Gasteiger charge is -2.38. The van der Waals surface area contributed by atoms with Crippen molar-refractivity contribution in [2.75, 3.05) is 12.4 Å². The zero-order chi connectivity index (χ0) is 20.8. The predicted molar refractivity (Wildman–Crippen MR) is 113 cm³/mol. The minimum atomic E-state index is -0.0921. The van der Waals surface area contributed by atoms with Crippen molar-refractivity contribution in [1.82, 2.24) is 19.9 Å². The molecule has 8 heteroatoms. The van der Waals surface area contributed by atoms with E-state index in [9.17, 15) is 4.79 Å². The molecule has 4 rings (SSSR count). The Kier molecular flexibility index (Phi) is 5.19. The Balaban J connectivity index is 1.48. The topological polar surface area (TPSA) is 72.3 Å². The number of piperidine rings is 1. The number of benzene rings is 1. The maximum atomic E-state index is 13.1. The highest BCUT2D eigenvalue weighted by Gasteiger charge is 2.44. The van der Waals surface area contributed by atoms with Crippen LogP contribution in [0.15, 0.2) is 24.4 Å². The zero-order valence-electron chi connectivity index (χ0n) is 17.4. The Bertz CT molecular complexity index is 893. The second-order valence-electron chi connectivity index (χ2n) is 9.03. The summed E-state index contributed by atoms with van der Waals surface area (Å²) in [5.41, 5.74) is 1.57. The Labute approximate surface area is 176 Å². The molecule has 0 saturated carbocycles. The number of methoxy groups -OCH3 is 1. The van der Waals surface area contributed by atoms with Crippen LogP contribution in [-0.2, 0) is 5.41 Å². The summed E-state index contributed by atoms with van der Waals surface area (Å²) in [6, 6.07) is 5.81. The predicted octanol–water partition coefficient (Wildman–Crippen LogP) is 4.64. The van der Waals surface area contributed by atoms with Crippen molar-refractivity contribution >= 4 is 23.3 Å². The highest BCUT2D eigenvalue weighted by molar-refractivity contribution is 6.31. The molecule has 1 N–H and O–H groups in total. The van der Waals surface area contributed by atoms with Crippen LogP contribution in [0.5, 0.6) is 5.75 Å². The van der Waals surface area contributed by atoms with Gasteiger partial charge in [0.05, 0.1) is 24.5 Å². The molecule has 1 aromatic heterocycles. The minimum absolute atomic E-state index is 0.0200. The SMILES string of the molecule is COc1ccc(Cl)cc1NC(=O)N1C2CCC1CC(n1cc(C(C)(C)C)nn1)C2. The smallest absolute Gasteiger partial charge is 0.322 e. The molecule has 0 aliphatic carbocycles. The normalized spacial score (nSPS) is 23.9. The highest BCUT2D eigenvalue weighted by atomic mass is 35.5. The first-order valence-electron chi connectivity index (χ1n) is 10.1.